The Morgan fingerprint density at radius 3 is 2.57 bits per heavy atom. The van der Waals surface area contributed by atoms with Crippen LogP contribution in [-0.2, 0) is 9.53 Å². The molecule has 9 heteroatoms. The smallest absolute Gasteiger partial charge is 0.339 e. The van der Waals surface area contributed by atoms with E-state index >= 15 is 0 Å². The molecule has 0 unspecified atom stereocenters. The third kappa shape index (κ3) is 4.07. The summed E-state index contributed by atoms with van der Waals surface area (Å²) in [5.41, 5.74) is 0.622. The van der Waals surface area contributed by atoms with Gasteiger partial charge in [-0.2, -0.15) is 0 Å². The summed E-state index contributed by atoms with van der Waals surface area (Å²) in [5.74, 6) is 0.480. The van der Waals surface area contributed by atoms with Crippen LogP contribution in [0.25, 0.3) is 0 Å². The van der Waals surface area contributed by atoms with Gasteiger partial charge in [0.2, 0.25) is 6.79 Å². The van der Waals surface area contributed by atoms with Crippen LogP contribution in [0.2, 0.25) is 5.02 Å². The van der Waals surface area contributed by atoms with Gasteiger partial charge in [-0.15, -0.1) is 0 Å². The van der Waals surface area contributed by atoms with Gasteiger partial charge in [-0.25, -0.2) is 4.79 Å². The van der Waals surface area contributed by atoms with E-state index < -0.39 is 18.0 Å². The number of benzene rings is 2. The van der Waals surface area contributed by atoms with Crippen molar-refractivity contribution in [3.63, 3.8) is 0 Å². The van der Waals surface area contributed by atoms with Crippen LogP contribution in [0.15, 0.2) is 30.3 Å². The van der Waals surface area contributed by atoms with Gasteiger partial charge >= 0.3 is 5.97 Å². The van der Waals surface area contributed by atoms with Crippen molar-refractivity contribution in [2.24, 2.45) is 0 Å². The first-order chi connectivity index (χ1) is 13.4. The van der Waals surface area contributed by atoms with Crippen LogP contribution in [0.3, 0.4) is 0 Å². The van der Waals surface area contributed by atoms with Crippen LogP contribution in [0.5, 0.6) is 23.0 Å². The molecule has 1 heterocycles. The molecule has 1 aliphatic rings. The number of nitrogens with one attached hydrogen (secondary N) is 1. The maximum Gasteiger partial charge on any atom is 0.339 e. The second kappa shape index (κ2) is 8.26. The largest absolute Gasteiger partial charge is 0.493 e. The summed E-state index contributed by atoms with van der Waals surface area (Å²) in [6.45, 7) is 1.59. The van der Waals surface area contributed by atoms with Crippen molar-refractivity contribution in [2.75, 3.05) is 26.3 Å². The quantitative estimate of drug-likeness (QED) is 0.734. The average Bonchev–Trinajstić information content (AvgIpc) is 3.14. The molecule has 8 nitrogen and oxygen atoms in total. The van der Waals surface area contributed by atoms with Crippen LogP contribution < -0.4 is 24.3 Å². The Bertz CT molecular complexity index is 915. The van der Waals surface area contributed by atoms with E-state index in [2.05, 4.69) is 5.32 Å². The highest BCUT2D eigenvalue weighted by Crippen LogP contribution is 2.36. The fraction of sp³-hybridized carbons (Fsp3) is 0.263. The minimum atomic E-state index is -1.05. The highest BCUT2D eigenvalue weighted by atomic mass is 35.5. The van der Waals surface area contributed by atoms with Crippen LogP contribution in [0.4, 0.5) is 5.69 Å². The van der Waals surface area contributed by atoms with Gasteiger partial charge in [0.1, 0.15) is 0 Å². The van der Waals surface area contributed by atoms with Crippen molar-refractivity contribution in [3.8, 4) is 23.0 Å². The van der Waals surface area contributed by atoms with E-state index in [1.807, 2.05) is 0 Å². The minimum Gasteiger partial charge on any atom is -0.493 e. The lowest BCUT2D eigenvalue weighted by Gasteiger charge is -2.15. The normalized spacial score (nSPS) is 12.9. The molecule has 0 aromatic heterocycles. The lowest BCUT2D eigenvalue weighted by Crippen LogP contribution is -2.30. The molecule has 2 aromatic carbocycles. The lowest BCUT2D eigenvalue weighted by molar-refractivity contribution is -0.123. The molecular weight excluding hydrogens is 390 g/mol. The summed E-state index contributed by atoms with van der Waals surface area (Å²) in [4.78, 5) is 24.7. The number of methoxy groups -OCH3 is 2. The second-order valence-corrected chi connectivity index (χ2v) is 6.21. The van der Waals surface area contributed by atoms with Gasteiger partial charge in [-0.3, -0.25) is 4.79 Å². The van der Waals surface area contributed by atoms with Gasteiger partial charge in [0, 0.05) is 11.8 Å². The number of hydrogen-bond donors (Lipinski definition) is 1. The van der Waals surface area contributed by atoms with Crippen LogP contribution in [0.1, 0.15) is 17.3 Å². The van der Waals surface area contributed by atoms with Crippen molar-refractivity contribution in [1.29, 1.82) is 0 Å². The zero-order valence-corrected chi connectivity index (χ0v) is 16.2. The van der Waals surface area contributed by atoms with Gasteiger partial charge in [-0.1, -0.05) is 11.6 Å². The number of carbonyl (C=O) groups is 2. The summed E-state index contributed by atoms with van der Waals surface area (Å²) in [5, 5.41) is 2.84. The van der Waals surface area contributed by atoms with E-state index in [0.717, 1.165) is 0 Å². The average molecular weight is 408 g/mol. The van der Waals surface area contributed by atoms with Crippen molar-refractivity contribution in [3.05, 3.63) is 40.9 Å². The number of carbonyl (C=O) groups excluding carboxylic acids is 2. The molecule has 2 aromatic rings. The van der Waals surface area contributed by atoms with E-state index in [4.69, 9.17) is 35.3 Å². The van der Waals surface area contributed by atoms with Gasteiger partial charge in [0.15, 0.2) is 29.1 Å². The first-order valence-corrected chi connectivity index (χ1v) is 8.63. The summed E-state index contributed by atoms with van der Waals surface area (Å²) in [7, 11) is 2.86. The summed E-state index contributed by atoms with van der Waals surface area (Å²) >= 11 is 6.10. The predicted octanol–water partition coefficient (Wildman–Crippen LogP) is 3.27. The fourth-order valence-electron chi connectivity index (χ4n) is 2.54. The number of anilines is 1. The summed E-state index contributed by atoms with van der Waals surface area (Å²) in [6.07, 6.45) is -1.05. The molecule has 3 rings (SSSR count). The number of hydrogen-bond acceptors (Lipinski definition) is 7. The lowest BCUT2D eigenvalue weighted by atomic mass is 10.2. The molecule has 28 heavy (non-hydrogen) atoms. The standard InChI is InChI=1S/C19H18ClNO7/c1-10(18(22)21-12-4-5-14-15(8-12)27-9-26-14)28-19(23)11-6-13(20)17(25-3)16(7-11)24-2/h4-8,10H,9H2,1-3H3,(H,21,22)/t10-/m0/s1. The molecule has 0 bridgehead atoms. The van der Waals surface area contributed by atoms with Crippen LogP contribution >= 0.6 is 11.6 Å². The van der Waals surface area contributed by atoms with Crippen molar-refractivity contribution < 1.29 is 33.3 Å². The number of fused-ring (bicyclic) bond motifs is 1. The van der Waals surface area contributed by atoms with E-state index in [1.54, 1.807) is 18.2 Å². The van der Waals surface area contributed by atoms with E-state index in [0.29, 0.717) is 22.9 Å². The number of halogens is 1. The monoisotopic (exact) mass is 407 g/mol. The van der Waals surface area contributed by atoms with Crippen LogP contribution in [0, 0.1) is 0 Å². The zero-order chi connectivity index (χ0) is 20.3. The third-order valence-corrected chi connectivity index (χ3v) is 4.24. The molecule has 1 amide bonds. The predicted molar refractivity (Wildman–Crippen MR) is 101 cm³/mol. The van der Waals surface area contributed by atoms with Gasteiger partial charge in [0.05, 0.1) is 24.8 Å². The number of amides is 1. The SMILES string of the molecule is COc1cc(C(=O)O[C@@H](C)C(=O)Nc2ccc3c(c2)OCO3)cc(Cl)c1OC. The molecule has 1 aliphatic heterocycles. The summed E-state index contributed by atoms with van der Waals surface area (Å²) < 4.78 is 26.0. The van der Waals surface area contributed by atoms with E-state index in [9.17, 15) is 9.59 Å². The topological polar surface area (TPSA) is 92.3 Å². The number of rotatable bonds is 6. The van der Waals surface area contributed by atoms with E-state index in [-0.39, 0.29) is 23.1 Å². The first-order valence-electron chi connectivity index (χ1n) is 8.26. The molecule has 0 spiro atoms. The molecular formula is C19H18ClNO7. The minimum absolute atomic E-state index is 0.130. The maximum absolute atomic E-state index is 12.4. The highest BCUT2D eigenvalue weighted by Gasteiger charge is 2.22. The van der Waals surface area contributed by atoms with Gasteiger partial charge < -0.3 is 29.0 Å². The molecule has 0 saturated carbocycles. The number of esters is 1. The van der Waals surface area contributed by atoms with Crippen LogP contribution in [-0.4, -0.2) is 39.0 Å². The van der Waals surface area contributed by atoms with Crippen molar-refractivity contribution in [1.82, 2.24) is 0 Å². The third-order valence-electron chi connectivity index (χ3n) is 3.96. The maximum atomic E-state index is 12.4. The number of ether oxygens (including phenoxy) is 5. The second-order valence-electron chi connectivity index (χ2n) is 5.80. The summed E-state index contributed by atoms with van der Waals surface area (Å²) in [6, 6.07) is 7.78. The first kappa shape index (κ1) is 19.6. The Morgan fingerprint density at radius 2 is 1.86 bits per heavy atom. The zero-order valence-electron chi connectivity index (χ0n) is 15.4. The fourth-order valence-corrected chi connectivity index (χ4v) is 2.82. The molecule has 0 radical (unpaired) electrons. The Morgan fingerprint density at radius 1 is 1.11 bits per heavy atom. The molecule has 148 valence electrons. The Labute approximate surface area is 166 Å². The Hall–Kier alpha value is -3.13. The van der Waals surface area contributed by atoms with Gasteiger partial charge in [0.25, 0.3) is 5.91 Å². The molecule has 1 atom stereocenters. The van der Waals surface area contributed by atoms with Crippen molar-refractivity contribution >= 4 is 29.2 Å². The van der Waals surface area contributed by atoms with E-state index in [1.165, 1.54) is 33.3 Å². The Balaban J connectivity index is 1.66. The molecule has 0 fully saturated rings. The molecule has 1 N–H and O–H groups in total. The van der Waals surface area contributed by atoms with Gasteiger partial charge in [-0.05, 0) is 31.2 Å². The Kier molecular flexibility index (Phi) is 5.79. The highest BCUT2D eigenvalue weighted by molar-refractivity contribution is 6.32. The molecule has 0 aliphatic carbocycles. The van der Waals surface area contributed by atoms with Crippen molar-refractivity contribution in [2.45, 2.75) is 13.0 Å². The molecule has 0 saturated heterocycles.